The van der Waals surface area contributed by atoms with Gasteiger partial charge < -0.3 is 5.73 Å². The number of sulfone groups is 1. The van der Waals surface area contributed by atoms with E-state index in [2.05, 4.69) is 15.1 Å². The topological polar surface area (TPSA) is 103 Å². The highest BCUT2D eigenvalue weighted by molar-refractivity contribution is 7.92. The number of hydrogen-bond donors (Lipinski definition) is 1. The molecule has 0 atom stereocenters. The highest BCUT2D eigenvalue weighted by Gasteiger charge is 2.30. The Morgan fingerprint density at radius 1 is 0.939 bits per heavy atom. The van der Waals surface area contributed by atoms with Gasteiger partial charge in [-0.2, -0.15) is 9.78 Å². The van der Waals surface area contributed by atoms with E-state index in [9.17, 15) is 12.8 Å². The van der Waals surface area contributed by atoms with Crippen molar-refractivity contribution in [2.75, 3.05) is 5.73 Å². The molecule has 0 amide bonds. The molecule has 0 aliphatic rings. The maximum atomic E-state index is 13.5. The zero-order valence-corrected chi connectivity index (χ0v) is 18.4. The smallest absolute Gasteiger partial charge is 0.212 e. The molecule has 3 aromatic carbocycles. The largest absolute Gasteiger partial charge is 0.382 e. The van der Waals surface area contributed by atoms with Crippen LogP contribution in [-0.2, 0) is 9.84 Å². The number of benzene rings is 3. The van der Waals surface area contributed by atoms with Crippen molar-refractivity contribution in [1.29, 1.82) is 0 Å². The summed E-state index contributed by atoms with van der Waals surface area (Å²) < 4.78 is 41.5. The molecule has 0 spiro atoms. The Kier molecular flexibility index (Phi) is 5.07. The minimum atomic E-state index is -4.08. The molecule has 0 fully saturated rings. The van der Waals surface area contributed by atoms with E-state index in [1.165, 1.54) is 59.4 Å². The summed E-state index contributed by atoms with van der Waals surface area (Å²) in [6, 6.07) is 18.5. The van der Waals surface area contributed by atoms with Crippen LogP contribution in [0.25, 0.3) is 22.2 Å². The number of para-hydroxylation sites is 2. The average Bonchev–Trinajstić information content (AvgIpc) is 3.08. The van der Waals surface area contributed by atoms with Crippen LogP contribution >= 0.6 is 11.6 Å². The number of fused-ring (bicyclic) bond motifs is 2. The van der Waals surface area contributed by atoms with E-state index >= 15 is 0 Å². The van der Waals surface area contributed by atoms with Crippen molar-refractivity contribution < 1.29 is 12.8 Å². The normalized spacial score (nSPS) is 12.2. The molecule has 0 radical (unpaired) electrons. The van der Waals surface area contributed by atoms with Crippen LogP contribution in [0.1, 0.15) is 5.56 Å². The van der Waals surface area contributed by atoms with Crippen LogP contribution < -0.4 is 5.73 Å². The summed E-state index contributed by atoms with van der Waals surface area (Å²) in [5.41, 5.74) is 8.25. The monoisotopic (exact) mass is 479 g/mol. The summed E-state index contributed by atoms with van der Waals surface area (Å²) in [7, 11) is -4.08. The first-order valence-corrected chi connectivity index (χ1v) is 11.6. The molecule has 2 heterocycles. The van der Waals surface area contributed by atoms with Gasteiger partial charge in [0.05, 0.1) is 22.1 Å². The molecule has 164 valence electrons. The molecule has 2 aromatic heterocycles. The molecule has 0 unspecified atom stereocenters. The third kappa shape index (κ3) is 3.71. The molecule has 2 N–H and O–H groups in total. The van der Waals surface area contributed by atoms with Crippen LogP contribution in [-0.4, -0.2) is 29.3 Å². The van der Waals surface area contributed by atoms with Crippen molar-refractivity contribution in [3.05, 3.63) is 89.2 Å². The Hall–Kier alpha value is -3.82. The first-order valence-electron chi connectivity index (χ1n) is 9.72. The summed E-state index contributed by atoms with van der Waals surface area (Å²) >= 11 is 5.92. The number of nitrogens with zero attached hydrogens (tertiary/aromatic N) is 4. The molecule has 0 saturated heterocycles. The number of aromatic nitrogens is 3. The van der Waals surface area contributed by atoms with Gasteiger partial charge in [-0.25, -0.2) is 22.8 Å². The highest BCUT2D eigenvalue weighted by atomic mass is 35.5. The van der Waals surface area contributed by atoms with Gasteiger partial charge in [-0.15, -0.1) is 0 Å². The van der Waals surface area contributed by atoms with Crippen LogP contribution in [0, 0.1) is 5.82 Å². The quantitative estimate of drug-likeness (QED) is 0.377. The highest BCUT2D eigenvalue weighted by Crippen LogP contribution is 2.35. The molecular formula is C23H15ClFN5O2S. The SMILES string of the molecule is Nc1c(S(=O)(=O)c2ccc(Cl)cc2)c2nc3ccccc3nc2n1/N=C\c1ccc(F)cc1. The molecule has 0 aliphatic heterocycles. The molecule has 10 heteroatoms. The maximum absolute atomic E-state index is 13.5. The zero-order chi connectivity index (χ0) is 23.2. The summed E-state index contributed by atoms with van der Waals surface area (Å²) in [5.74, 6) is -0.527. The summed E-state index contributed by atoms with van der Waals surface area (Å²) in [4.78, 5) is 8.92. The first-order chi connectivity index (χ1) is 15.8. The lowest BCUT2D eigenvalue weighted by Crippen LogP contribution is -2.06. The van der Waals surface area contributed by atoms with Gasteiger partial charge in [0.25, 0.3) is 0 Å². The van der Waals surface area contributed by atoms with Gasteiger partial charge in [-0.3, -0.25) is 0 Å². The third-order valence-corrected chi connectivity index (χ3v) is 7.10. The Morgan fingerprint density at radius 2 is 1.58 bits per heavy atom. The Balaban J connectivity index is 1.78. The minimum Gasteiger partial charge on any atom is -0.382 e. The van der Waals surface area contributed by atoms with E-state index in [0.717, 1.165) is 0 Å². The Morgan fingerprint density at radius 3 is 2.24 bits per heavy atom. The molecule has 33 heavy (non-hydrogen) atoms. The lowest BCUT2D eigenvalue weighted by molar-refractivity contribution is 0.597. The van der Waals surface area contributed by atoms with E-state index in [0.29, 0.717) is 21.6 Å². The lowest BCUT2D eigenvalue weighted by Gasteiger charge is -2.05. The molecule has 7 nitrogen and oxygen atoms in total. The van der Waals surface area contributed by atoms with Crippen LogP contribution in [0.3, 0.4) is 0 Å². The van der Waals surface area contributed by atoms with Crippen LogP contribution in [0.4, 0.5) is 10.2 Å². The standard InChI is InChI=1S/C23H15ClFN5O2S/c24-15-7-11-17(12-8-15)33(31,32)21-20-23(29-19-4-2-1-3-18(19)28-20)30(22(21)26)27-13-14-5-9-16(25)10-6-14/h1-13H,26H2/b27-13-. The third-order valence-electron chi connectivity index (χ3n) is 5.01. The van der Waals surface area contributed by atoms with Crippen molar-refractivity contribution in [3.63, 3.8) is 0 Å². The van der Waals surface area contributed by atoms with Crippen molar-refractivity contribution in [2.24, 2.45) is 5.10 Å². The van der Waals surface area contributed by atoms with Gasteiger partial charge in [-0.05, 0) is 54.1 Å². The van der Waals surface area contributed by atoms with Gasteiger partial charge in [0.15, 0.2) is 5.65 Å². The van der Waals surface area contributed by atoms with Crippen LogP contribution in [0.15, 0.2) is 87.7 Å². The maximum Gasteiger partial charge on any atom is 0.212 e. The number of nitrogen functional groups attached to an aromatic ring is 1. The van der Waals surface area contributed by atoms with Gasteiger partial charge in [0.2, 0.25) is 9.84 Å². The second-order valence-corrected chi connectivity index (χ2v) is 9.49. The number of hydrogen-bond acceptors (Lipinski definition) is 6. The van der Waals surface area contributed by atoms with Gasteiger partial charge >= 0.3 is 0 Å². The summed E-state index contributed by atoms with van der Waals surface area (Å²) in [6.45, 7) is 0. The van der Waals surface area contributed by atoms with Crippen LogP contribution in [0.5, 0.6) is 0 Å². The Bertz CT molecular complexity index is 1650. The van der Waals surface area contributed by atoms with E-state index < -0.39 is 9.84 Å². The lowest BCUT2D eigenvalue weighted by atomic mass is 10.2. The molecule has 5 rings (SSSR count). The average molecular weight is 480 g/mol. The summed E-state index contributed by atoms with van der Waals surface area (Å²) in [6.07, 6.45) is 1.44. The number of rotatable bonds is 4. The van der Waals surface area contributed by atoms with Crippen molar-refractivity contribution in [3.8, 4) is 0 Å². The number of anilines is 1. The Labute approximate surface area is 192 Å². The second-order valence-electron chi connectivity index (χ2n) is 7.16. The van der Waals surface area contributed by atoms with Crippen molar-refractivity contribution in [1.82, 2.24) is 14.6 Å². The second kappa shape index (κ2) is 7.95. The van der Waals surface area contributed by atoms with E-state index in [4.69, 9.17) is 17.3 Å². The van der Waals surface area contributed by atoms with Gasteiger partial charge in [-0.1, -0.05) is 35.9 Å². The fourth-order valence-electron chi connectivity index (χ4n) is 3.41. The predicted octanol–water partition coefficient (Wildman–Crippen LogP) is 4.67. The zero-order valence-electron chi connectivity index (χ0n) is 16.9. The van der Waals surface area contributed by atoms with Gasteiger partial charge in [0.1, 0.15) is 22.0 Å². The molecule has 0 saturated carbocycles. The van der Waals surface area contributed by atoms with Crippen molar-refractivity contribution in [2.45, 2.75) is 9.79 Å². The molecule has 0 bridgehead atoms. The van der Waals surface area contributed by atoms with Crippen molar-refractivity contribution >= 4 is 55.7 Å². The predicted molar refractivity (Wildman–Crippen MR) is 126 cm³/mol. The van der Waals surface area contributed by atoms with E-state index in [-0.39, 0.29) is 32.6 Å². The van der Waals surface area contributed by atoms with Crippen LogP contribution in [0.2, 0.25) is 5.02 Å². The van der Waals surface area contributed by atoms with Gasteiger partial charge in [0, 0.05) is 5.02 Å². The minimum absolute atomic E-state index is 0.00937. The fraction of sp³-hybridized carbons (Fsp3) is 0. The van der Waals surface area contributed by atoms with E-state index in [1.54, 1.807) is 24.3 Å². The number of halogens is 2. The van der Waals surface area contributed by atoms with E-state index in [1.807, 2.05) is 0 Å². The number of nitrogens with two attached hydrogens (primary N) is 1. The fourth-order valence-corrected chi connectivity index (χ4v) is 5.02. The molecule has 0 aliphatic carbocycles. The molecule has 5 aromatic rings. The molecular weight excluding hydrogens is 465 g/mol. The first kappa shape index (κ1) is 21.0. The summed E-state index contributed by atoms with van der Waals surface area (Å²) in [5, 5.41) is 4.74.